The van der Waals surface area contributed by atoms with Crippen molar-refractivity contribution in [2.45, 2.75) is 51.9 Å². The van der Waals surface area contributed by atoms with Gasteiger partial charge in [-0.2, -0.15) is 0 Å². The molecule has 1 aliphatic rings. The van der Waals surface area contributed by atoms with E-state index in [0.29, 0.717) is 18.4 Å². The minimum Gasteiger partial charge on any atom is -0.490 e. The molecule has 10 heteroatoms. The molecule has 0 unspecified atom stereocenters. The summed E-state index contributed by atoms with van der Waals surface area (Å²) in [4.78, 5) is 35.3. The molecule has 1 aliphatic heterocycles. The quantitative estimate of drug-likeness (QED) is 0.241. The Balaban J connectivity index is 1.45. The molecule has 0 saturated carbocycles. The van der Waals surface area contributed by atoms with Gasteiger partial charge in [-0.3, -0.25) is 4.98 Å². The maximum atomic E-state index is 12.9. The van der Waals surface area contributed by atoms with Crippen LogP contribution in [0.25, 0.3) is 11.1 Å². The van der Waals surface area contributed by atoms with Crippen molar-refractivity contribution in [1.29, 1.82) is 0 Å². The first-order valence-electron chi connectivity index (χ1n) is 12.8. The average molecular weight is 645 g/mol. The van der Waals surface area contributed by atoms with Crippen LogP contribution < -0.4 is 15.4 Å². The number of rotatable bonds is 8. The molecule has 39 heavy (non-hydrogen) atoms. The summed E-state index contributed by atoms with van der Waals surface area (Å²) in [6.07, 6.45) is 3.03. The zero-order valence-corrected chi connectivity index (χ0v) is 24.4. The lowest BCUT2D eigenvalue weighted by Gasteiger charge is -2.27. The Kier molecular flexibility index (Phi) is 9.63. The summed E-state index contributed by atoms with van der Waals surface area (Å²) in [6, 6.07) is 17.6. The second kappa shape index (κ2) is 13.1. The van der Waals surface area contributed by atoms with E-state index in [1.165, 1.54) is 0 Å². The van der Waals surface area contributed by atoms with Gasteiger partial charge in [-0.25, -0.2) is 9.59 Å². The Morgan fingerprint density at radius 2 is 1.85 bits per heavy atom. The van der Waals surface area contributed by atoms with Gasteiger partial charge < -0.3 is 24.9 Å². The van der Waals surface area contributed by atoms with Crippen molar-refractivity contribution in [1.82, 2.24) is 20.7 Å². The largest absolute Gasteiger partial charge is 0.490 e. The zero-order valence-electron chi connectivity index (χ0n) is 22.3. The topological polar surface area (TPSA) is 102 Å². The maximum Gasteiger partial charge on any atom is 0.444 e. The van der Waals surface area contributed by atoms with Crippen molar-refractivity contribution < 1.29 is 23.9 Å². The van der Waals surface area contributed by atoms with Crippen LogP contribution in [0.5, 0.6) is 5.75 Å². The SMILES string of the molecule is CC(C)(C)OC(=O)N(Cc1cccc(-c2cncc(OC[C@@H]3CCN3)c2)c1)OC(=O)NCc1cccc(I)c1. The van der Waals surface area contributed by atoms with E-state index in [1.807, 2.05) is 54.6 Å². The number of hydroxylamine groups is 2. The predicted molar refractivity (Wildman–Crippen MR) is 156 cm³/mol. The highest BCUT2D eigenvalue weighted by Crippen LogP contribution is 2.25. The van der Waals surface area contributed by atoms with Crippen molar-refractivity contribution in [2.75, 3.05) is 13.2 Å². The van der Waals surface area contributed by atoms with E-state index < -0.39 is 17.8 Å². The van der Waals surface area contributed by atoms with E-state index in [1.54, 1.807) is 33.2 Å². The van der Waals surface area contributed by atoms with Crippen LogP contribution in [-0.2, 0) is 22.7 Å². The second-order valence-electron chi connectivity index (χ2n) is 10.2. The third kappa shape index (κ3) is 9.10. The highest BCUT2D eigenvalue weighted by atomic mass is 127. The van der Waals surface area contributed by atoms with Gasteiger partial charge in [-0.1, -0.05) is 30.3 Å². The monoisotopic (exact) mass is 644 g/mol. The Labute approximate surface area is 242 Å². The third-order valence-corrected chi connectivity index (χ3v) is 6.46. The number of hydrogen-bond donors (Lipinski definition) is 2. The number of aromatic nitrogens is 1. The molecular formula is C29H33IN4O5. The molecule has 0 bridgehead atoms. The van der Waals surface area contributed by atoms with Gasteiger partial charge in [0.2, 0.25) is 0 Å². The first kappa shape index (κ1) is 28.6. The highest BCUT2D eigenvalue weighted by Gasteiger charge is 2.26. The molecular weight excluding hydrogens is 611 g/mol. The number of pyridine rings is 1. The smallest absolute Gasteiger partial charge is 0.444 e. The van der Waals surface area contributed by atoms with E-state index >= 15 is 0 Å². The molecule has 206 valence electrons. The van der Waals surface area contributed by atoms with Gasteiger partial charge in [-0.05, 0) is 97.3 Å². The van der Waals surface area contributed by atoms with Crippen LogP contribution in [0, 0.1) is 3.57 Å². The highest BCUT2D eigenvalue weighted by molar-refractivity contribution is 14.1. The number of ether oxygens (including phenoxy) is 2. The molecule has 0 spiro atoms. The number of amides is 2. The fourth-order valence-electron chi connectivity index (χ4n) is 3.76. The van der Waals surface area contributed by atoms with Gasteiger partial charge in [0.1, 0.15) is 18.0 Å². The van der Waals surface area contributed by atoms with E-state index in [0.717, 1.165) is 43.9 Å². The number of benzene rings is 2. The summed E-state index contributed by atoms with van der Waals surface area (Å²) in [7, 11) is 0. The van der Waals surface area contributed by atoms with Crippen molar-refractivity contribution in [2.24, 2.45) is 0 Å². The van der Waals surface area contributed by atoms with Crippen molar-refractivity contribution in [3.05, 3.63) is 81.7 Å². The van der Waals surface area contributed by atoms with E-state index in [4.69, 9.17) is 14.3 Å². The fourth-order valence-corrected chi connectivity index (χ4v) is 4.37. The molecule has 3 aromatic rings. The van der Waals surface area contributed by atoms with E-state index in [9.17, 15) is 9.59 Å². The molecule has 0 aliphatic carbocycles. The van der Waals surface area contributed by atoms with Gasteiger partial charge in [-0.15, -0.1) is 5.06 Å². The standard InChI is InChI=1S/C29H33IN4O5/c1-29(2,3)38-28(36)34(39-27(35)33-15-20-6-5-9-24(30)13-20)18-21-7-4-8-22(12-21)23-14-26(17-31-16-23)37-19-25-10-11-32-25/h4-9,12-14,16-17,25,32H,10-11,15,18-19H2,1-3H3,(H,33,35)/t25-/m0/s1. The summed E-state index contributed by atoms with van der Waals surface area (Å²) >= 11 is 2.21. The number of carbonyl (C=O) groups is 2. The zero-order chi connectivity index (χ0) is 27.8. The van der Waals surface area contributed by atoms with E-state index in [-0.39, 0.29) is 13.1 Å². The Morgan fingerprint density at radius 3 is 2.56 bits per heavy atom. The Morgan fingerprint density at radius 1 is 1.08 bits per heavy atom. The van der Waals surface area contributed by atoms with Gasteiger partial charge in [0, 0.05) is 27.9 Å². The first-order valence-corrected chi connectivity index (χ1v) is 13.8. The molecule has 1 fully saturated rings. The molecule has 2 aromatic carbocycles. The van der Waals surface area contributed by atoms with Crippen LogP contribution in [-0.4, -0.2) is 47.0 Å². The molecule has 2 heterocycles. The van der Waals surface area contributed by atoms with Gasteiger partial charge >= 0.3 is 12.2 Å². The molecule has 1 saturated heterocycles. The maximum absolute atomic E-state index is 12.9. The van der Waals surface area contributed by atoms with Crippen molar-refractivity contribution in [3.63, 3.8) is 0 Å². The van der Waals surface area contributed by atoms with Crippen molar-refractivity contribution >= 4 is 34.8 Å². The first-order chi connectivity index (χ1) is 18.6. The summed E-state index contributed by atoms with van der Waals surface area (Å²) < 4.78 is 12.4. The number of carbonyl (C=O) groups excluding carboxylic acids is 2. The lowest BCUT2D eigenvalue weighted by atomic mass is 10.0. The van der Waals surface area contributed by atoms with Crippen LogP contribution in [0.15, 0.2) is 67.0 Å². The van der Waals surface area contributed by atoms with Crippen molar-refractivity contribution in [3.8, 4) is 16.9 Å². The predicted octanol–water partition coefficient (Wildman–Crippen LogP) is 5.67. The number of hydrogen-bond acceptors (Lipinski definition) is 7. The Hall–Kier alpha value is -3.38. The molecule has 1 atom stereocenters. The van der Waals surface area contributed by atoms with Gasteiger partial charge in [0.15, 0.2) is 0 Å². The average Bonchev–Trinajstić information content (AvgIpc) is 2.86. The number of nitrogens with zero attached hydrogens (tertiary/aromatic N) is 2. The van der Waals surface area contributed by atoms with Crippen LogP contribution in [0.2, 0.25) is 0 Å². The third-order valence-electron chi connectivity index (χ3n) is 5.79. The van der Waals surface area contributed by atoms with Crippen LogP contribution in [0.3, 0.4) is 0 Å². The lowest BCUT2D eigenvalue weighted by molar-refractivity contribution is -0.106. The second-order valence-corrected chi connectivity index (χ2v) is 11.5. The lowest BCUT2D eigenvalue weighted by Crippen LogP contribution is -2.46. The van der Waals surface area contributed by atoms with Crippen LogP contribution in [0.4, 0.5) is 9.59 Å². The molecule has 0 radical (unpaired) electrons. The minimum atomic E-state index is -0.765. The van der Waals surface area contributed by atoms with Crippen LogP contribution >= 0.6 is 22.6 Å². The summed E-state index contributed by atoms with van der Waals surface area (Å²) in [5.41, 5.74) is 2.65. The summed E-state index contributed by atoms with van der Waals surface area (Å²) in [6.45, 7) is 7.14. The summed E-state index contributed by atoms with van der Waals surface area (Å²) in [5.74, 6) is 0.690. The minimum absolute atomic E-state index is 0.00359. The van der Waals surface area contributed by atoms with Crippen LogP contribution in [0.1, 0.15) is 38.3 Å². The number of halogens is 1. The number of nitrogens with one attached hydrogen (secondary N) is 2. The summed E-state index contributed by atoms with van der Waals surface area (Å²) in [5, 5.41) is 6.93. The fraction of sp³-hybridized carbons (Fsp3) is 0.345. The molecule has 2 N–H and O–H groups in total. The molecule has 4 rings (SSSR count). The Bertz CT molecular complexity index is 1290. The van der Waals surface area contributed by atoms with E-state index in [2.05, 4.69) is 38.2 Å². The molecule has 1 aromatic heterocycles. The van der Waals surface area contributed by atoms with Gasteiger partial charge in [0.05, 0.1) is 12.7 Å². The van der Waals surface area contributed by atoms with Gasteiger partial charge in [0.25, 0.3) is 0 Å². The molecule has 2 amide bonds. The normalized spacial score (nSPS) is 14.6. The molecule has 9 nitrogen and oxygen atoms in total.